The third kappa shape index (κ3) is 3.96. The first-order chi connectivity index (χ1) is 14.5. The van der Waals surface area contributed by atoms with Crippen LogP contribution in [0.1, 0.15) is 23.5 Å². The molecule has 31 heavy (non-hydrogen) atoms. The van der Waals surface area contributed by atoms with Crippen LogP contribution in [0.25, 0.3) is 6.08 Å². The first-order valence-corrected chi connectivity index (χ1v) is 9.91. The fraction of sp³-hybridized carbons (Fsp3) is 0.318. The Hall–Kier alpha value is -2.39. The van der Waals surface area contributed by atoms with Gasteiger partial charge in [0.15, 0.2) is 0 Å². The van der Waals surface area contributed by atoms with Gasteiger partial charge in [-0.15, -0.1) is 0 Å². The number of rotatable bonds is 5. The molecule has 8 nitrogen and oxygen atoms in total. The Morgan fingerprint density at radius 2 is 2.06 bits per heavy atom. The fourth-order valence-electron chi connectivity index (χ4n) is 4.34. The van der Waals surface area contributed by atoms with Crippen molar-refractivity contribution in [1.82, 2.24) is 19.4 Å². The number of fused-ring (bicyclic) bond motifs is 2. The summed E-state index contributed by atoms with van der Waals surface area (Å²) < 4.78 is 7.33. The summed E-state index contributed by atoms with van der Waals surface area (Å²) in [6.45, 7) is 3.32. The number of imidazole rings is 1. The van der Waals surface area contributed by atoms with Gasteiger partial charge in [0.2, 0.25) is 0 Å². The van der Waals surface area contributed by atoms with Crippen molar-refractivity contribution in [1.29, 1.82) is 0 Å². The van der Waals surface area contributed by atoms with Gasteiger partial charge in [0.1, 0.15) is 11.6 Å². The monoisotopic (exact) mass is 428 g/mol. The van der Waals surface area contributed by atoms with Gasteiger partial charge in [-0.25, -0.2) is 4.98 Å². The number of aromatic nitrogens is 2. The number of ether oxygens (including phenoxy) is 1. The Labute approximate surface area is 202 Å². The van der Waals surface area contributed by atoms with Crippen LogP contribution in [-0.2, 0) is 29.2 Å². The van der Waals surface area contributed by atoms with Gasteiger partial charge < -0.3 is 19.2 Å². The van der Waals surface area contributed by atoms with Crippen LogP contribution in [0.5, 0.6) is 5.75 Å². The van der Waals surface area contributed by atoms with Crippen LogP contribution in [0, 0.1) is 0 Å². The van der Waals surface area contributed by atoms with Crippen LogP contribution in [-0.4, -0.2) is 50.9 Å². The second-order valence-electron chi connectivity index (χ2n) is 7.74. The molecule has 1 amide bonds. The van der Waals surface area contributed by atoms with Crippen molar-refractivity contribution >= 4 is 18.0 Å². The van der Waals surface area contributed by atoms with Gasteiger partial charge in [-0.2, -0.15) is 0 Å². The Morgan fingerprint density at radius 1 is 1.29 bits per heavy atom. The van der Waals surface area contributed by atoms with E-state index in [4.69, 9.17) is 9.72 Å². The van der Waals surface area contributed by atoms with Gasteiger partial charge in [-0.1, -0.05) is 18.2 Å². The molecular weight excluding hydrogens is 407 g/mol. The quantitative estimate of drug-likeness (QED) is 0.298. The van der Waals surface area contributed by atoms with Gasteiger partial charge in [-0.05, 0) is 30.2 Å². The smallest absolute Gasteiger partial charge is 0.543 e. The van der Waals surface area contributed by atoms with E-state index in [1.165, 1.54) is 10.5 Å². The van der Waals surface area contributed by atoms with E-state index in [1.54, 1.807) is 19.3 Å². The third-order valence-corrected chi connectivity index (χ3v) is 5.91. The van der Waals surface area contributed by atoms with Crippen LogP contribution < -0.4 is 39.4 Å². The number of carbonyl (C=O) groups is 2. The summed E-state index contributed by atoms with van der Waals surface area (Å²) in [5.41, 5.74) is 2.53. The number of benzene rings is 1. The number of aliphatic carboxylic acids is 1. The molecule has 0 saturated carbocycles. The standard InChI is InChI=1S/C22H22N4O4.Na/c1-30-16-4-2-14(3-5-16)11-24-8-9-25-12-15(23-20(25)13-24)10-17-18-6-7-19(22(28)29)26(18)21(17)27;/h2-5,7,10,12,18H,6,8-9,11,13H2,1H3,(H,28,29);/q;+1/p-1/b17-10+;. The molecule has 0 N–H and O–H groups in total. The Morgan fingerprint density at radius 3 is 2.77 bits per heavy atom. The number of carboxylic acids is 1. The second kappa shape index (κ2) is 8.63. The fourth-order valence-corrected chi connectivity index (χ4v) is 4.34. The van der Waals surface area contributed by atoms with E-state index in [-0.39, 0.29) is 47.2 Å². The number of nitrogens with zero attached hydrogens (tertiary/aromatic N) is 4. The molecule has 4 heterocycles. The largest absolute Gasteiger partial charge is 1.00 e. The van der Waals surface area contributed by atoms with E-state index >= 15 is 0 Å². The first-order valence-electron chi connectivity index (χ1n) is 9.91. The molecule has 3 aliphatic rings. The summed E-state index contributed by atoms with van der Waals surface area (Å²) in [6, 6.07) is 7.86. The normalized spacial score (nSPS) is 21.1. The molecule has 3 aliphatic heterocycles. The van der Waals surface area contributed by atoms with Crippen LogP contribution in [0.15, 0.2) is 47.8 Å². The van der Waals surface area contributed by atoms with Crippen molar-refractivity contribution in [3.63, 3.8) is 0 Å². The Kier molecular flexibility index (Phi) is 6.07. The molecule has 1 atom stereocenters. The summed E-state index contributed by atoms with van der Waals surface area (Å²) in [7, 11) is 1.66. The predicted molar refractivity (Wildman–Crippen MR) is 106 cm³/mol. The molecule has 154 valence electrons. The molecule has 1 aromatic carbocycles. The zero-order valence-electron chi connectivity index (χ0n) is 17.6. The minimum absolute atomic E-state index is 0. The molecular formula is C22H21N4NaO4. The minimum Gasteiger partial charge on any atom is -0.543 e. The maximum atomic E-state index is 12.4. The molecule has 9 heteroatoms. The maximum absolute atomic E-state index is 12.4. The SMILES string of the molecule is COc1ccc(CN2CCn3cc(/C=C4/C(=O)N5C(C(=O)[O-])=CCC45)nc3C2)cc1.[Na+]. The maximum Gasteiger partial charge on any atom is 1.00 e. The van der Waals surface area contributed by atoms with Crippen molar-refractivity contribution in [2.75, 3.05) is 13.7 Å². The summed E-state index contributed by atoms with van der Waals surface area (Å²) >= 11 is 0. The topological polar surface area (TPSA) is 90.7 Å². The molecule has 0 aliphatic carbocycles. The molecule has 1 saturated heterocycles. The molecule has 1 fully saturated rings. The van der Waals surface area contributed by atoms with E-state index in [0.717, 1.165) is 43.4 Å². The number of amides is 1. The number of methoxy groups -OCH3 is 1. The summed E-state index contributed by atoms with van der Waals surface area (Å²) in [5.74, 6) is 0.225. The first kappa shape index (κ1) is 21.8. The van der Waals surface area contributed by atoms with Crippen LogP contribution in [0.2, 0.25) is 0 Å². The molecule has 2 aromatic rings. The molecule has 0 bridgehead atoms. The van der Waals surface area contributed by atoms with Crippen molar-refractivity contribution in [2.24, 2.45) is 0 Å². The van der Waals surface area contributed by atoms with Crippen molar-refractivity contribution in [3.8, 4) is 5.75 Å². The second-order valence-corrected chi connectivity index (χ2v) is 7.74. The van der Waals surface area contributed by atoms with Crippen molar-refractivity contribution < 1.29 is 49.0 Å². The molecule has 0 radical (unpaired) electrons. The van der Waals surface area contributed by atoms with Gasteiger partial charge in [0.05, 0.1) is 37.1 Å². The number of carbonyl (C=O) groups excluding carboxylic acids is 2. The molecule has 5 rings (SSSR count). The van der Waals surface area contributed by atoms with Crippen LogP contribution in [0.4, 0.5) is 0 Å². The number of hydrogen-bond acceptors (Lipinski definition) is 6. The predicted octanol–water partition coefficient (Wildman–Crippen LogP) is -2.46. The van der Waals surface area contributed by atoms with Gasteiger partial charge in [0, 0.05) is 31.4 Å². The summed E-state index contributed by atoms with van der Waals surface area (Å²) in [4.78, 5) is 31.8. The van der Waals surface area contributed by atoms with Crippen LogP contribution >= 0.6 is 0 Å². The summed E-state index contributed by atoms with van der Waals surface area (Å²) in [6.07, 6.45) is 5.80. The Bertz CT molecular complexity index is 1090. The number of carboxylic acid groups (broad SMARTS) is 1. The molecule has 1 unspecified atom stereocenters. The number of hydrogen-bond donors (Lipinski definition) is 0. The van der Waals surface area contributed by atoms with Gasteiger partial charge in [0.25, 0.3) is 5.91 Å². The van der Waals surface area contributed by atoms with E-state index in [2.05, 4.69) is 21.6 Å². The van der Waals surface area contributed by atoms with Crippen molar-refractivity contribution in [2.45, 2.75) is 32.1 Å². The average molecular weight is 428 g/mol. The zero-order chi connectivity index (χ0) is 20.8. The molecule has 0 spiro atoms. The zero-order valence-corrected chi connectivity index (χ0v) is 19.6. The van der Waals surface area contributed by atoms with Gasteiger partial charge >= 0.3 is 29.6 Å². The number of β-lactam (4-membered cyclic amide) rings is 1. The van der Waals surface area contributed by atoms with Crippen molar-refractivity contribution in [3.05, 3.63) is 64.9 Å². The Balaban J connectivity index is 0.00000231. The van der Waals surface area contributed by atoms with E-state index in [1.807, 2.05) is 18.3 Å². The minimum atomic E-state index is -1.31. The van der Waals surface area contributed by atoms with E-state index < -0.39 is 5.97 Å². The third-order valence-electron chi connectivity index (χ3n) is 5.91. The van der Waals surface area contributed by atoms with E-state index in [9.17, 15) is 14.7 Å². The average Bonchev–Trinajstić information content (AvgIpc) is 3.34. The van der Waals surface area contributed by atoms with Gasteiger partial charge in [-0.3, -0.25) is 14.6 Å². The van der Waals surface area contributed by atoms with E-state index in [0.29, 0.717) is 12.0 Å². The molecule has 1 aromatic heterocycles. The van der Waals surface area contributed by atoms with Crippen LogP contribution in [0.3, 0.4) is 0 Å². The summed E-state index contributed by atoms with van der Waals surface area (Å²) in [5, 5.41) is 11.1.